The highest BCUT2D eigenvalue weighted by atomic mass is 32.2. The molecule has 7 heteroatoms. The molecule has 0 saturated heterocycles. The van der Waals surface area contributed by atoms with Crippen LogP contribution < -0.4 is 5.32 Å². The molecule has 138 valence electrons. The number of nitrogens with zero attached hydrogens (tertiary/aromatic N) is 2. The molecule has 0 radical (unpaired) electrons. The third-order valence-corrected chi connectivity index (χ3v) is 6.28. The van der Waals surface area contributed by atoms with Crippen LogP contribution in [-0.2, 0) is 5.75 Å². The van der Waals surface area contributed by atoms with E-state index in [1.165, 1.54) is 0 Å². The SMILES string of the molecule is Cc1csc(SCc2c(C(=O)Nc3ccc(C#N)cc3)oc3ccccc23)n1. The minimum absolute atomic E-state index is 0.298. The molecule has 0 aliphatic rings. The predicted molar refractivity (Wildman–Crippen MR) is 112 cm³/mol. The molecule has 0 atom stereocenters. The van der Waals surface area contributed by atoms with Gasteiger partial charge in [0.2, 0.25) is 0 Å². The number of anilines is 1. The van der Waals surface area contributed by atoms with E-state index in [0.29, 0.717) is 28.3 Å². The number of nitrogens with one attached hydrogen (secondary N) is 1. The third-order valence-electron chi connectivity index (χ3n) is 4.11. The molecule has 2 aromatic carbocycles. The van der Waals surface area contributed by atoms with Crippen LogP contribution in [0.4, 0.5) is 5.69 Å². The molecule has 0 unspecified atom stereocenters. The summed E-state index contributed by atoms with van der Waals surface area (Å²) >= 11 is 3.18. The lowest BCUT2D eigenvalue weighted by Gasteiger charge is -2.05. The van der Waals surface area contributed by atoms with E-state index < -0.39 is 0 Å². The molecular formula is C21H15N3O2S2. The zero-order chi connectivity index (χ0) is 19.5. The first kappa shape index (κ1) is 18.3. The maximum absolute atomic E-state index is 12.9. The number of thiazole rings is 1. The van der Waals surface area contributed by atoms with Crippen molar-refractivity contribution >= 4 is 45.7 Å². The van der Waals surface area contributed by atoms with Gasteiger partial charge in [-0.3, -0.25) is 4.79 Å². The molecular weight excluding hydrogens is 390 g/mol. The highest BCUT2D eigenvalue weighted by Gasteiger charge is 2.21. The van der Waals surface area contributed by atoms with Gasteiger partial charge in [0.15, 0.2) is 5.76 Å². The summed E-state index contributed by atoms with van der Waals surface area (Å²) in [4.78, 5) is 17.4. The molecule has 0 spiro atoms. The van der Waals surface area contributed by atoms with E-state index in [0.717, 1.165) is 21.0 Å². The summed E-state index contributed by atoms with van der Waals surface area (Å²) in [6, 6.07) is 16.4. The topological polar surface area (TPSA) is 78.9 Å². The molecule has 4 aromatic rings. The molecule has 0 aliphatic heterocycles. The fourth-order valence-electron chi connectivity index (χ4n) is 2.77. The van der Waals surface area contributed by atoms with E-state index in [2.05, 4.69) is 16.4 Å². The van der Waals surface area contributed by atoms with Gasteiger partial charge in [-0.05, 0) is 37.3 Å². The number of amides is 1. The second-order valence-corrected chi connectivity index (χ2v) is 8.17. The molecule has 2 heterocycles. The number of fused-ring (bicyclic) bond motifs is 1. The van der Waals surface area contributed by atoms with Crippen molar-refractivity contribution in [2.45, 2.75) is 17.0 Å². The molecule has 0 aliphatic carbocycles. The Bertz CT molecular complexity index is 1190. The van der Waals surface area contributed by atoms with Crippen LogP contribution in [-0.4, -0.2) is 10.9 Å². The van der Waals surface area contributed by atoms with Crippen LogP contribution in [0.2, 0.25) is 0 Å². The number of furan rings is 1. The third kappa shape index (κ3) is 3.79. The second kappa shape index (κ2) is 7.89. The molecule has 4 rings (SSSR count). The Hall–Kier alpha value is -3.08. The van der Waals surface area contributed by atoms with Crippen molar-refractivity contribution in [2.24, 2.45) is 0 Å². The monoisotopic (exact) mass is 405 g/mol. The zero-order valence-electron chi connectivity index (χ0n) is 14.9. The van der Waals surface area contributed by atoms with Gasteiger partial charge in [-0.25, -0.2) is 4.98 Å². The van der Waals surface area contributed by atoms with Crippen molar-refractivity contribution in [1.29, 1.82) is 5.26 Å². The molecule has 1 N–H and O–H groups in total. The number of carbonyl (C=O) groups is 1. The normalized spacial score (nSPS) is 10.7. The summed E-state index contributed by atoms with van der Waals surface area (Å²) in [5, 5.41) is 14.7. The molecule has 1 amide bonds. The van der Waals surface area contributed by atoms with Crippen molar-refractivity contribution in [3.8, 4) is 6.07 Å². The average Bonchev–Trinajstić information content (AvgIpc) is 3.30. The Morgan fingerprint density at radius 1 is 1.25 bits per heavy atom. The number of hydrogen-bond acceptors (Lipinski definition) is 6. The van der Waals surface area contributed by atoms with E-state index in [1.54, 1.807) is 47.4 Å². The summed E-state index contributed by atoms with van der Waals surface area (Å²) in [5.41, 5.74) is 3.66. The summed E-state index contributed by atoms with van der Waals surface area (Å²) in [6.45, 7) is 1.96. The summed E-state index contributed by atoms with van der Waals surface area (Å²) in [6.07, 6.45) is 0. The Morgan fingerprint density at radius 3 is 2.75 bits per heavy atom. The van der Waals surface area contributed by atoms with Crippen LogP contribution >= 0.6 is 23.1 Å². The van der Waals surface area contributed by atoms with Gasteiger partial charge in [0.05, 0.1) is 11.6 Å². The molecule has 0 fully saturated rings. The van der Waals surface area contributed by atoms with Gasteiger partial charge in [0, 0.05) is 33.5 Å². The van der Waals surface area contributed by atoms with Crippen molar-refractivity contribution < 1.29 is 9.21 Å². The van der Waals surface area contributed by atoms with E-state index in [9.17, 15) is 4.79 Å². The van der Waals surface area contributed by atoms with Crippen LogP contribution in [0.3, 0.4) is 0 Å². The number of para-hydroxylation sites is 1. The van der Waals surface area contributed by atoms with Gasteiger partial charge >= 0.3 is 0 Å². The highest BCUT2D eigenvalue weighted by Crippen LogP contribution is 2.33. The van der Waals surface area contributed by atoms with Crippen molar-refractivity contribution in [2.75, 3.05) is 5.32 Å². The molecule has 28 heavy (non-hydrogen) atoms. The molecule has 5 nitrogen and oxygen atoms in total. The minimum Gasteiger partial charge on any atom is -0.451 e. The van der Waals surface area contributed by atoms with E-state index in [1.807, 2.05) is 36.6 Å². The summed E-state index contributed by atoms with van der Waals surface area (Å²) < 4.78 is 6.84. The van der Waals surface area contributed by atoms with Gasteiger partial charge in [-0.1, -0.05) is 30.0 Å². The lowest BCUT2D eigenvalue weighted by molar-refractivity contribution is 0.0998. The lowest BCUT2D eigenvalue weighted by atomic mass is 10.1. The van der Waals surface area contributed by atoms with Crippen molar-refractivity contribution in [3.63, 3.8) is 0 Å². The number of benzene rings is 2. The van der Waals surface area contributed by atoms with Crippen molar-refractivity contribution in [1.82, 2.24) is 4.98 Å². The number of thioether (sulfide) groups is 1. The van der Waals surface area contributed by atoms with Gasteiger partial charge in [0.1, 0.15) is 9.92 Å². The van der Waals surface area contributed by atoms with Crippen molar-refractivity contribution in [3.05, 3.63) is 76.5 Å². The fourth-order valence-corrected chi connectivity index (χ4v) is 4.65. The molecule has 2 aromatic heterocycles. The smallest absolute Gasteiger partial charge is 0.291 e. The number of aryl methyl sites for hydroxylation is 1. The van der Waals surface area contributed by atoms with Crippen LogP contribution in [0.1, 0.15) is 27.4 Å². The second-order valence-electron chi connectivity index (χ2n) is 6.09. The summed E-state index contributed by atoms with van der Waals surface area (Å²) in [7, 11) is 0. The maximum Gasteiger partial charge on any atom is 0.291 e. The number of aromatic nitrogens is 1. The van der Waals surface area contributed by atoms with Gasteiger partial charge in [-0.15, -0.1) is 11.3 Å². The zero-order valence-corrected chi connectivity index (χ0v) is 16.6. The van der Waals surface area contributed by atoms with E-state index in [-0.39, 0.29) is 5.91 Å². The highest BCUT2D eigenvalue weighted by molar-refractivity contribution is 8.00. The number of nitriles is 1. The standard InChI is InChI=1S/C21H15N3O2S2/c1-13-11-27-21(23-13)28-12-17-16-4-2-3-5-18(16)26-19(17)20(25)24-15-8-6-14(10-22)7-9-15/h2-9,11H,12H2,1H3,(H,24,25). The first-order valence-corrected chi connectivity index (χ1v) is 10.4. The van der Waals surface area contributed by atoms with E-state index in [4.69, 9.17) is 9.68 Å². The number of rotatable bonds is 5. The van der Waals surface area contributed by atoms with E-state index >= 15 is 0 Å². The largest absolute Gasteiger partial charge is 0.451 e. The number of hydrogen-bond donors (Lipinski definition) is 1. The first-order chi connectivity index (χ1) is 13.6. The minimum atomic E-state index is -0.313. The van der Waals surface area contributed by atoms with Gasteiger partial charge in [0.25, 0.3) is 5.91 Å². The Balaban J connectivity index is 1.63. The van der Waals surface area contributed by atoms with Crippen LogP contribution in [0, 0.1) is 18.3 Å². The molecule has 0 saturated carbocycles. The van der Waals surface area contributed by atoms with Crippen LogP contribution in [0.5, 0.6) is 0 Å². The van der Waals surface area contributed by atoms with Crippen LogP contribution in [0.25, 0.3) is 11.0 Å². The number of carbonyl (C=O) groups excluding carboxylic acids is 1. The predicted octanol–water partition coefficient (Wildman–Crippen LogP) is 5.61. The summed E-state index contributed by atoms with van der Waals surface area (Å²) in [5.74, 6) is 0.568. The Morgan fingerprint density at radius 2 is 2.04 bits per heavy atom. The maximum atomic E-state index is 12.9. The Kier molecular flexibility index (Phi) is 5.15. The quantitative estimate of drug-likeness (QED) is 0.436. The lowest BCUT2D eigenvalue weighted by Crippen LogP contribution is -2.12. The van der Waals surface area contributed by atoms with Gasteiger partial charge in [-0.2, -0.15) is 5.26 Å². The fraction of sp³-hybridized carbons (Fsp3) is 0.0952. The average molecular weight is 406 g/mol. The molecule has 0 bridgehead atoms. The van der Waals surface area contributed by atoms with Crippen LogP contribution in [0.15, 0.2) is 62.7 Å². The first-order valence-electron chi connectivity index (χ1n) is 8.51. The van der Waals surface area contributed by atoms with Gasteiger partial charge < -0.3 is 9.73 Å². The Labute approximate surface area is 170 Å².